The van der Waals surface area contributed by atoms with Gasteiger partial charge in [0, 0.05) is 11.4 Å². The van der Waals surface area contributed by atoms with E-state index in [1.54, 1.807) is 0 Å². The third kappa shape index (κ3) is 5.41. The van der Waals surface area contributed by atoms with Crippen LogP contribution in [0.5, 0.6) is 0 Å². The van der Waals surface area contributed by atoms with Gasteiger partial charge in [-0.3, -0.25) is 0 Å². The highest BCUT2D eigenvalue weighted by molar-refractivity contribution is 5.58. The number of hydrogen-bond acceptors (Lipinski definition) is 1. The minimum Gasteiger partial charge on any atom is -0.356 e. The Balaban J connectivity index is 2.81. The van der Waals surface area contributed by atoms with E-state index in [1.807, 2.05) is 0 Å². The first kappa shape index (κ1) is 17.6. The molecule has 0 aromatic heterocycles. The molecule has 0 fully saturated rings. The number of rotatable bonds is 7. The van der Waals surface area contributed by atoms with Crippen LogP contribution in [-0.2, 0) is 0 Å². The van der Waals surface area contributed by atoms with Crippen LogP contribution in [0.4, 0.5) is 5.69 Å². The predicted molar refractivity (Wildman–Crippen MR) is 95.7 cm³/mol. The van der Waals surface area contributed by atoms with Gasteiger partial charge in [-0.15, -0.1) is 0 Å². The van der Waals surface area contributed by atoms with Gasteiger partial charge in [0.15, 0.2) is 0 Å². The van der Waals surface area contributed by atoms with Gasteiger partial charge in [0.2, 0.25) is 0 Å². The van der Waals surface area contributed by atoms with Crippen molar-refractivity contribution in [3.8, 4) is 0 Å². The Bertz CT molecular complexity index is 519. The maximum Gasteiger partial charge on any atom is 0.0414 e. The van der Waals surface area contributed by atoms with Gasteiger partial charge in [-0.1, -0.05) is 50.1 Å². The van der Waals surface area contributed by atoms with Gasteiger partial charge in [0.25, 0.3) is 0 Å². The molecule has 0 amide bonds. The van der Waals surface area contributed by atoms with Crippen LogP contribution in [-0.4, -0.2) is 0 Å². The standard InChI is InChI=1S/C20H31N/c1-8-15(4)9-11-19(14(2)3)18(7)21-20-12-10-16(5)13-17(20)6/h10,12-13,15,21H,7-9,11H2,1-6H3. The summed E-state index contributed by atoms with van der Waals surface area (Å²) in [5.41, 5.74) is 7.50. The average molecular weight is 285 g/mol. The van der Waals surface area contributed by atoms with Crippen molar-refractivity contribution in [2.24, 2.45) is 5.92 Å². The van der Waals surface area contributed by atoms with Crippen molar-refractivity contribution in [1.82, 2.24) is 0 Å². The highest BCUT2D eigenvalue weighted by Gasteiger charge is 2.09. The molecule has 1 nitrogen and oxygen atoms in total. The molecule has 1 aromatic carbocycles. The van der Waals surface area contributed by atoms with E-state index in [1.165, 1.54) is 35.1 Å². The summed E-state index contributed by atoms with van der Waals surface area (Å²) < 4.78 is 0. The van der Waals surface area contributed by atoms with Crippen LogP contribution < -0.4 is 5.32 Å². The summed E-state index contributed by atoms with van der Waals surface area (Å²) >= 11 is 0. The average Bonchev–Trinajstić information content (AvgIpc) is 2.41. The van der Waals surface area contributed by atoms with E-state index in [9.17, 15) is 0 Å². The molecule has 0 heterocycles. The first-order valence-electron chi connectivity index (χ1n) is 8.05. The molecule has 0 saturated carbocycles. The number of hydrogen-bond donors (Lipinski definition) is 1. The van der Waals surface area contributed by atoms with Crippen molar-refractivity contribution in [2.75, 3.05) is 5.32 Å². The summed E-state index contributed by atoms with van der Waals surface area (Å²) in [6.45, 7) is 17.5. The van der Waals surface area contributed by atoms with Gasteiger partial charge < -0.3 is 5.32 Å². The molecule has 1 N–H and O–H groups in total. The molecule has 1 aromatic rings. The first-order chi connectivity index (χ1) is 9.85. The lowest BCUT2D eigenvalue weighted by atomic mass is 9.95. The molecular weight excluding hydrogens is 254 g/mol. The largest absolute Gasteiger partial charge is 0.356 e. The molecule has 0 aliphatic rings. The second-order valence-corrected chi connectivity index (χ2v) is 6.45. The van der Waals surface area contributed by atoms with Crippen molar-refractivity contribution in [3.63, 3.8) is 0 Å². The lowest BCUT2D eigenvalue weighted by molar-refractivity contribution is 0.516. The molecule has 0 radical (unpaired) electrons. The Morgan fingerprint density at radius 1 is 1.24 bits per heavy atom. The maximum atomic E-state index is 4.27. The molecule has 116 valence electrons. The molecule has 1 rings (SSSR count). The quantitative estimate of drug-likeness (QED) is 0.572. The second kappa shape index (κ2) is 8.07. The van der Waals surface area contributed by atoms with Crippen molar-refractivity contribution in [1.29, 1.82) is 0 Å². The summed E-state index contributed by atoms with van der Waals surface area (Å²) in [6.07, 6.45) is 3.58. The van der Waals surface area contributed by atoms with Gasteiger partial charge in [-0.2, -0.15) is 0 Å². The highest BCUT2D eigenvalue weighted by atomic mass is 14.9. The van der Waals surface area contributed by atoms with E-state index in [2.05, 4.69) is 71.6 Å². The molecule has 1 unspecified atom stereocenters. The van der Waals surface area contributed by atoms with Crippen LogP contribution in [0.3, 0.4) is 0 Å². The minimum absolute atomic E-state index is 0.772. The number of allylic oxidation sites excluding steroid dienone is 2. The maximum absolute atomic E-state index is 4.27. The summed E-state index contributed by atoms with van der Waals surface area (Å²) in [4.78, 5) is 0. The Kier molecular flexibility index (Phi) is 6.74. The van der Waals surface area contributed by atoms with E-state index in [0.717, 1.165) is 23.7 Å². The van der Waals surface area contributed by atoms with Gasteiger partial charge in [-0.25, -0.2) is 0 Å². The monoisotopic (exact) mass is 285 g/mol. The van der Waals surface area contributed by atoms with Gasteiger partial charge >= 0.3 is 0 Å². The van der Waals surface area contributed by atoms with Crippen LogP contribution >= 0.6 is 0 Å². The number of anilines is 1. The number of nitrogens with one attached hydrogen (secondary N) is 1. The Hall–Kier alpha value is -1.50. The van der Waals surface area contributed by atoms with E-state index in [4.69, 9.17) is 0 Å². The van der Waals surface area contributed by atoms with Crippen molar-refractivity contribution < 1.29 is 0 Å². The topological polar surface area (TPSA) is 12.0 Å². The van der Waals surface area contributed by atoms with Crippen LogP contribution in [0.15, 0.2) is 41.6 Å². The summed E-state index contributed by atoms with van der Waals surface area (Å²) in [6, 6.07) is 6.49. The minimum atomic E-state index is 0.772. The molecule has 0 bridgehead atoms. The molecule has 21 heavy (non-hydrogen) atoms. The fourth-order valence-corrected chi connectivity index (χ4v) is 2.49. The lowest BCUT2D eigenvalue weighted by Crippen LogP contribution is -2.06. The Morgan fingerprint density at radius 2 is 1.90 bits per heavy atom. The third-order valence-corrected chi connectivity index (χ3v) is 4.22. The molecule has 0 aliphatic heterocycles. The number of aryl methyl sites for hydroxylation is 2. The fourth-order valence-electron chi connectivity index (χ4n) is 2.49. The summed E-state index contributed by atoms with van der Waals surface area (Å²) in [5.74, 6) is 0.772. The normalized spacial score (nSPS) is 11.9. The van der Waals surface area contributed by atoms with Gasteiger partial charge in [0.05, 0.1) is 0 Å². The van der Waals surface area contributed by atoms with E-state index in [-0.39, 0.29) is 0 Å². The van der Waals surface area contributed by atoms with Crippen molar-refractivity contribution in [3.05, 3.63) is 52.7 Å². The Morgan fingerprint density at radius 3 is 2.43 bits per heavy atom. The molecular formula is C20H31N. The van der Waals surface area contributed by atoms with E-state index >= 15 is 0 Å². The highest BCUT2D eigenvalue weighted by Crippen LogP contribution is 2.26. The zero-order valence-corrected chi connectivity index (χ0v) is 14.6. The van der Waals surface area contributed by atoms with Gasteiger partial charge in [0.1, 0.15) is 0 Å². The third-order valence-electron chi connectivity index (χ3n) is 4.22. The smallest absolute Gasteiger partial charge is 0.0414 e. The van der Waals surface area contributed by atoms with Crippen molar-refractivity contribution in [2.45, 2.75) is 60.8 Å². The zero-order valence-electron chi connectivity index (χ0n) is 14.6. The summed E-state index contributed by atoms with van der Waals surface area (Å²) in [5, 5.41) is 3.51. The van der Waals surface area contributed by atoms with Crippen LogP contribution in [0, 0.1) is 19.8 Å². The van der Waals surface area contributed by atoms with Gasteiger partial charge in [-0.05, 0) is 63.7 Å². The molecule has 0 saturated heterocycles. The van der Waals surface area contributed by atoms with Crippen LogP contribution in [0.1, 0.15) is 58.1 Å². The summed E-state index contributed by atoms with van der Waals surface area (Å²) in [7, 11) is 0. The lowest BCUT2D eigenvalue weighted by Gasteiger charge is -2.18. The Labute approximate surface area is 131 Å². The first-order valence-corrected chi connectivity index (χ1v) is 8.05. The van der Waals surface area contributed by atoms with Crippen molar-refractivity contribution >= 4 is 5.69 Å². The SMILES string of the molecule is C=C(Nc1ccc(C)cc1C)C(CCC(C)CC)=C(C)C. The molecule has 0 aliphatic carbocycles. The zero-order chi connectivity index (χ0) is 16.0. The number of benzene rings is 1. The van der Waals surface area contributed by atoms with Crippen LogP contribution in [0.25, 0.3) is 0 Å². The fraction of sp³-hybridized carbons (Fsp3) is 0.500. The second-order valence-electron chi connectivity index (χ2n) is 6.45. The van der Waals surface area contributed by atoms with E-state index < -0.39 is 0 Å². The van der Waals surface area contributed by atoms with E-state index in [0.29, 0.717) is 0 Å². The molecule has 0 spiro atoms. The molecule has 1 atom stereocenters. The predicted octanol–water partition coefficient (Wildman–Crippen LogP) is 6.39. The van der Waals surface area contributed by atoms with Crippen LogP contribution in [0.2, 0.25) is 0 Å². The molecule has 1 heteroatoms.